The van der Waals surface area contributed by atoms with Crippen molar-refractivity contribution < 1.29 is 0 Å². The molecule has 1 aromatic heterocycles. The molecule has 0 radical (unpaired) electrons. The second-order valence-corrected chi connectivity index (χ2v) is 9.77. The lowest BCUT2D eigenvalue weighted by atomic mass is 10.1. The van der Waals surface area contributed by atoms with Crippen molar-refractivity contribution in [2.45, 2.75) is 25.8 Å². The van der Waals surface area contributed by atoms with Gasteiger partial charge in [0.25, 0.3) is 0 Å². The largest absolute Gasteiger partial charge is 0.371 e. The molecule has 8 nitrogen and oxygen atoms in total. The number of anilines is 2. The molecule has 33 heavy (non-hydrogen) atoms. The van der Waals surface area contributed by atoms with Crippen molar-refractivity contribution in [2.75, 3.05) is 49.1 Å². The Hall–Kier alpha value is -3.04. The van der Waals surface area contributed by atoms with E-state index in [1.54, 1.807) is 11.3 Å². The molecule has 2 fully saturated rings. The first-order valence-corrected chi connectivity index (χ1v) is 12.4. The Labute approximate surface area is 198 Å². The number of benzene rings is 2. The molecule has 0 spiro atoms. The third-order valence-corrected chi connectivity index (χ3v) is 7.55. The summed E-state index contributed by atoms with van der Waals surface area (Å²) in [4.78, 5) is 12.1. The van der Waals surface area contributed by atoms with Gasteiger partial charge in [-0.05, 0) is 49.6 Å². The van der Waals surface area contributed by atoms with E-state index >= 15 is 0 Å². The molecule has 172 valence electrons. The van der Waals surface area contributed by atoms with Gasteiger partial charge in [-0.15, -0.1) is 16.5 Å². The number of fused-ring (bicyclic) bond motifs is 1. The minimum absolute atomic E-state index is 0.106. The van der Waals surface area contributed by atoms with Crippen LogP contribution < -0.4 is 15.6 Å². The molecule has 3 aromatic rings. The molecule has 2 aliphatic heterocycles. The number of amidine groups is 1. The van der Waals surface area contributed by atoms with Crippen LogP contribution >= 0.6 is 11.3 Å². The topological polar surface area (TPSA) is 97.2 Å². The van der Waals surface area contributed by atoms with E-state index in [0.29, 0.717) is 0 Å². The van der Waals surface area contributed by atoms with Gasteiger partial charge in [-0.1, -0.05) is 17.4 Å². The van der Waals surface area contributed by atoms with Crippen molar-refractivity contribution in [1.82, 2.24) is 9.88 Å². The van der Waals surface area contributed by atoms with Gasteiger partial charge in [0.1, 0.15) is 5.01 Å². The summed E-state index contributed by atoms with van der Waals surface area (Å²) in [5.41, 5.74) is 4.14. The maximum absolute atomic E-state index is 8.35. The van der Waals surface area contributed by atoms with Gasteiger partial charge in [0.05, 0.1) is 16.8 Å². The highest BCUT2D eigenvalue weighted by Gasteiger charge is 2.23. The van der Waals surface area contributed by atoms with Gasteiger partial charge < -0.3 is 15.6 Å². The van der Waals surface area contributed by atoms with Gasteiger partial charge in [0.2, 0.25) is 0 Å². The smallest absolute Gasteiger partial charge is 0.178 e. The van der Waals surface area contributed by atoms with Crippen molar-refractivity contribution in [3.8, 4) is 0 Å². The van der Waals surface area contributed by atoms with Gasteiger partial charge >= 0.3 is 0 Å². The van der Waals surface area contributed by atoms with E-state index in [1.807, 2.05) is 12.1 Å². The van der Waals surface area contributed by atoms with Crippen LogP contribution in [-0.2, 0) is 6.54 Å². The van der Waals surface area contributed by atoms with E-state index in [0.717, 1.165) is 62.6 Å². The van der Waals surface area contributed by atoms with Crippen LogP contribution in [0.15, 0.2) is 52.8 Å². The van der Waals surface area contributed by atoms with E-state index in [1.165, 1.54) is 34.7 Å². The van der Waals surface area contributed by atoms with Crippen molar-refractivity contribution in [1.29, 1.82) is 5.41 Å². The summed E-state index contributed by atoms with van der Waals surface area (Å²) in [6.45, 7) is 6.77. The lowest BCUT2D eigenvalue weighted by Gasteiger charge is -2.37. The highest BCUT2D eigenvalue weighted by molar-refractivity contribution is 7.18. The number of piperazine rings is 1. The monoisotopic (exact) mass is 462 g/mol. The standard InChI is InChI=1S/C24H30N8S/c25-24(28-29-26)19-9-8-18(31-10-4-1-5-11-31)16-21(19)32-14-12-30(13-15-32)17-23-27-20-6-2-3-7-22(20)33-23/h2-3,6-9,16H,1,4-5,10-15,17H2,(H3,25,26,28). The molecule has 9 heteroatoms. The van der Waals surface area contributed by atoms with Crippen LogP contribution in [-0.4, -0.2) is 55.0 Å². The highest BCUT2D eigenvalue weighted by atomic mass is 32.1. The predicted octanol–water partition coefficient (Wildman–Crippen LogP) is 4.26. The fraction of sp³-hybridized carbons (Fsp3) is 0.417. The molecule has 3 N–H and O–H groups in total. The summed E-state index contributed by atoms with van der Waals surface area (Å²) in [5, 5.41) is 16.7. The molecule has 0 aliphatic carbocycles. The Morgan fingerprint density at radius 2 is 1.76 bits per heavy atom. The summed E-state index contributed by atoms with van der Waals surface area (Å²) in [6, 6.07) is 14.7. The Kier molecular flexibility index (Phi) is 6.50. The normalized spacial score (nSPS) is 17.8. The fourth-order valence-electron chi connectivity index (χ4n) is 4.77. The SMILES string of the molecule is N=C(/N=N\N)c1ccc(N2CCCCC2)cc1N1CCN(Cc2nc3ccccc3s2)CC1. The number of hydrogen-bond donors (Lipinski definition) is 2. The summed E-state index contributed by atoms with van der Waals surface area (Å²) >= 11 is 1.78. The molecular weight excluding hydrogens is 432 g/mol. The lowest BCUT2D eigenvalue weighted by molar-refractivity contribution is 0.249. The van der Waals surface area contributed by atoms with Crippen LogP contribution in [0.4, 0.5) is 11.4 Å². The maximum atomic E-state index is 8.35. The summed E-state index contributed by atoms with van der Waals surface area (Å²) in [7, 11) is 0. The number of hydrogen-bond acceptors (Lipinski definition) is 7. The Morgan fingerprint density at radius 1 is 0.970 bits per heavy atom. The van der Waals surface area contributed by atoms with Gasteiger partial charge in [0.15, 0.2) is 5.84 Å². The number of rotatable bonds is 5. The number of para-hydroxylation sites is 1. The molecule has 0 bridgehead atoms. The van der Waals surface area contributed by atoms with Crippen LogP contribution in [0.2, 0.25) is 0 Å². The van der Waals surface area contributed by atoms with Crippen LogP contribution in [0, 0.1) is 5.41 Å². The Morgan fingerprint density at radius 3 is 2.52 bits per heavy atom. The van der Waals surface area contributed by atoms with Crippen molar-refractivity contribution in [2.24, 2.45) is 16.2 Å². The van der Waals surface area contributed by atoms with Crippen LogP contribution in [0.3, 0.4) is 0 Å². The van der Waals surface area contributed by atoms with E-state index in [2.05, 4.69) is 55.4 Å². The van der Waals surface area contributed by atoms with Gasteiger partial charge in [-0.3, -0.25) is 10.3 Å². The first-order chi connectivity index (χ1) is 16.2. The number of aromatic nitrogens is 1. The quantitative estimate of drug-likeness (QED) is 0.194. The molecule has 5 rings (SSSR count). The molecule has 0 amide bonds. The molecule has 0 unspecified atom stereocenters. The molecular formula is C24H30N8S. The molecule has 3 heterocycles. The van der Waals surface area contributed by atoms with Gasteiger partial charge in [0, 0.05) is 56.2 Å². The van der Waals surface area contributed by atoms with Crippen LogP contribution in [0.25, 0.3) is 10.2 Å². The van der Waals surface area contributed by atoms with E-state index in [9.17, 15) is 0 Å². The van der Waals surface area contributed by atoms with Crippen LogP contribution in [0.5, 0.6) is 0 Å². The minimum Gasteiger partial charge on any atom is -0.371 e. The zero-order valence-corrected chi connectivity index (χ0v) is 19.6. The Bertz CT molecular complexity index is 1110. The van der Waals surface area contributed by atoms with Gasteiger partial charge in [-0.25, -0.2) is 4.98 Å². The zero-order valence-electron chi connectivity index (χ0n) is 18.8. The summed E-state index contributed by atoms with van der Waals surface area (Å²) in [5.74, 6) is 5.35. The summed E-state index contributed by atoms with van der Waals surface area (Å²) in [6.07, 6.45) is 3.77. The van der Waals surface area contributed by atoms with E-state index < -0.39 is 0 Å². The Balaban J connectivity index is 1.32. The molecule has 0 atom stereocenters. The number of thiazole rings is 1. The molecule has 2 saturated heterocycles. The first-order valence-electron chi connectivity index (χ1n) is 11.6. The molecule has 2 aliphatic rings. The number of nitrogens with zero attached hydrogens (tertiary/aromatic N) is 6. The van der Waals surface area contributed by atoms with Crippen molar-refractivity contribution in [3.63, 3.8) is 0 Å². The van der Waals surface area contributed by atoms with Gasteiger partial charge in [-0.2, -0.15) is 0 Å². The minimum atomic E-state index is 0.106. The number of nitrogens with two attached hydrogens (primary N) is 1. The number of piperidine rings is 1. The molecule has 2 aromatic carbocycles. The summed E-state index contributed by atoms with van der Waals surface area (Å²) < 4.78 is 1.25. The van der Waals surface area contributed by atoms with E-state index in [4.69, 9.17) is 16.2 Å². The average Bonchev–Trinajstić information content (AvgIpc) is 3.27. The predicted molar refractivity (Wildman–Crippen MR) is 135 cm³/mol. The average molecular weight is 463 g/mol. The van der Waals surface area contributed by atoms with E-state index in [-0.39, 0.29) is 5.84 Å². The van der Waals surface area contributed by atoms with Crippen molar-refractivity contribution >= 4 is 38.8 Å². The maximum Gasteiger partial charge on any atom is 0.178 e. The third-order valence-electron chi connectivity index (χ3n) is 6.53. The second-order valence-electron chi connectivity index (χ2n) is 8.65. The van der Waals surface area contributed by atoms with Crippen LogP contribution in [0.1, 0.15) is 29.8 Å². The lowest BCUT2D eigenvalue weighted by Crippen LogP contribution is -2.46. The fourth-order valence-corrected chi connectivity index (χ4v) is 5.78. The van der Waals surface area contributed by atoms with Crippen molar-refractivity contribution in [3.05, 3.63) is 53.0 Å². The highest BCUT2D eigenvalue weighted by Crippen LogP contribution is 2.31. The second kappa shape index (κ2) is 9.84. The number of nitrogens with one attached hydrogen (secondary N) is 1. The third kappa shape index (κ3) is 4.84. The zero-order chi connectivity index (χ0) is 22.6. The first kappa shape index (κ1) is 21.8. The molecule has 0 saturated carbocycles.